The molecule has 0 aliphatic heterocycles. The molecule has 0 radical (unpaired) electrons. The van der Waals surface area contributed by atoms with Crippen LogP contribution in [0.5, 0.6) is 0 Å². The predicted octanol–water partition coefficient (Wildman–Crippen LogP) is 5.52. The molecule has 102 valence electrons. The van der Waals surface area contributed by atoms with E-state index in [0.717, 1.165) is 38.5 Å². The highest BCUT2D eigenvalue weighted by Crippen LogP contribution is 2.37. The molecule has 0 spiro atoms. The van der Waals surface area contributed by atoms with Crippen LogP contribution in [0.4, 0.5) is 0 Å². The summed E-state index contributed by atoms with van der Waals surface area (Å²) in [5.41, 5.74) is 2.53. The maximum absolute atomic E-state index is 11.6. The number of rotatable bonds is 2. The van der Waals surface area contributed by atoms with Gasteiger partial charge in [-0.1, -0.05) is 48.0 Å². The molecule has 0 unspecified atom stereocenters. The van der Waals surface area contributed by atoms with Crippen LogP contribution in [0.1, 0.15) is 10.4 Å². The van der Waals surface area contributed by atoms with E-state index in [2.05, 4.69) is 17.1 Å². The minimum Gasteiger partial charge on any atom is -0.353 e. The molecule has 4 aromatic rings. The summed E-state index contributed by atoms with van der Waals surface area (Å²) < 4.78 is 0.713. The Hall–Kier alpha value is -2.10. The number of thiophene rings is 1. The number of fused-ring (bicyclic) bond motifs is 3. The Morgan fingerprint density at radius 3 is 2.62 bits per heavy atom. The van der Waals surface area contributed by atoms with Crippen LogP contribution >= 0.6 is 22.9 Å². The molecule has 0 fully saturated rings. The van der Waals surface area contributed by atoms with Crippen LogP contribution in [-0.2, 0) is 0 Å². The maximum atomic E-state index is 11.6. The number of aldehydes is 1. The van der Waals surface area contributed by atoms with Gasteiger partial charge in [0.25, 0.3) is 0 Å². The molecule has 4 rings (SSSR count). The molecular weight excluding hydrogens is 302 g/mol. The van der Waals surface area contributed by atoms with Gasteiger partial charge < -0.3 is 4.98 Å². The summed E-state index contributed by atoms with van der Waals surface area (Å²) >= 11 is 7.48. The predicted molar refractivity (Wildman–Crippen MR) is 89.5 cm³/mol. The van der Waals surface area contributed by atoms with Crippen LogP contribution < -0.4 is 0 Å². The summed E-state index contributed by atoms with van der Waals surface area (Å²) in [6.45, 7) is 0. The summed E-state index contributed by atoms with van der Waals surface area (Å²) in [6, 6.07) is 16.0. The lowest BCUT2D eigenvalue weighted by molar-refractivity contribution is 0.112. The van der Waals surface area contributed by atoms with Crippen molar-refractivity contribution in [3.05, 3.63) is 58.4 Å². The SMILES string of the molecule is O=Cc1c(-c2ccc(Cl)s2)[nH]c2c1ccc1ccccc12. The fourth-order valence-electron chi connectivity index (χ4n) is 2.72. The second-order valence-electron chi connectivity index (χ2n) is 4.84. The number of benzene rings is 2. The van der Waals surface area contributed by atoms with Crippen LogP contribution in [-0.4, -0.2) is 11.3 Å². The molecule has 2 aromatic heterocycles. The van der Waals surface area contributed by atoms with Crippen LogP contribution in [0.2, 0.25) is 4.34 Å². The van der Waals surface area contributed by atoms with Gasteiger partial charge in [-0.3, -0.25) is 4.79 Å². The summed E-state index contributed by atoms with van der Waals surface area (Å²) in [5, 5.41) is 3.22. The summed E-state index contributed by atoms with van der Waals surface area (Å²) in [5.74, 6) is 0. The van der Waals surface area contributed by atoms with E-state index in [1.807, 2.05) is 36.4 Å². The lowest BCUT2D eigenvalue weighted by Crippen LogP contribution is -1.80. The van der Waals surface area contributed by atoms with Gasteiger partial charge in [0, 0.05) is 16.3 Å². The topological polar surface area (TPSA) is 32.9 Å². The Morgan fingerprint density at radius 2 is 1.86 bits per heavy atom. The summed E-state index contributed by atoms with van der Waals surface area (Å²) in [7, 11) is 0. The van der Waals surface area contributed by atoms with Gasteiger partial charge in [-0.15, -0.1) is 11.3 Å². The van der Waals surface area contributed by atoms with Crippen LogP contribution in [0.15, 0.2) is 48.5 Å². The first kappa shape index (κ1) is 12.6. The lowest BCUT2D eigenvalue weighted by Gasteiger charge is -1.98. The Kier molecular flexibility index (Phi) is 2.84. The van der Waals surface area contributed by atoms with Crippen molar-refractivity contribution >= 4 is 50.9 Å². The molecule has 1 N–H and O–H groups in total. The van der Waals surface area contributed by atoms with E-state index >= 15 is 0 Å². The number of hydrogen-bond donors (Lipinski definition) is 1. The van der Waals surface area contributed by atoms with Crippen molar-refractivity contribution in [2.45, 2.75) is 0 Å². The van der Waals surface area contributed by atoms with Crippen molar-refractivity contribution < 1.29 is 4.79 Å². The number of H-pyrrole nitrogens is 1. The molecule has 21 heavy (non-hydrogen) atoms. The first-order valence-corrected chi connectivity index (χ1v) is 7.71. The Bertz CT molecular complexity index is 983. The number of aromatic nitrogens is 1. The number of carbonyl (C=O) groups is 1. The van der Waals surface area contributed by atoms with Gasteiger partial charge in [0.1, 0.15) is 0 Å². The molecular formula is C17H10ClNOS. The van der Waals surface area contributed by atoms with E-state index in [4.69, 9.17) is 11.6 Å². The number of nitrogens with one attached hydrogen (secondary N) is 1. The van der Waals surface area contributed by atoms with E-state index in [-0.39, 0.29) is 0 Å². The van der Waals surface area contributed by atoms with Gasteiger partial charge in [0.05, 0.1) is 20.4 Å². The average Bonchev–Trinajstić information content (AvgIpc) is 3.10. The normalized spacial score (nSPS) is 11.3. The molecule has 4 heteroatoms. The highest BCUT2D eigenvalue weighted by Gasteiger charge is 2.15. The average molecular weight is 312 g/mol. The van der Waals surface area contributed by atoms with Gasteiger partial charge in [-0.05, 0) is 17.5 Å². The first-order valence-electron chi connectivity index (χ1n) is 6.52. The number of carbonyl (C=O) groups excluding carboxylic acids is 1. The Labute approximate surface area is 130 Å². The number of hydrogen-bond acceptors (Lipinski definition) is 2. The Balaban J connectivity index is 2.12. The zero-order valence-electron chi connectivity index (χ0n) is 10.9. The van der Waals surface area contributed by atoms with E-state index in [1.54, 1.807) is 0 Å². The van der Waals surface area contributed by atoms with Gasteiger partial charge in [0.2, 0.25) is 0 Å². The third-order valence-corrected chi connectivity index (χ3v) is 4.92. The Morgan fingerprint density at radius 1 is 1.00 bits per heavy atom. The maximum Gasteiger partial charge on any atom is 0.152 e. The van der Waals surface area contributed by atoms with Crippen molar-refractivity contribution in [2.24, 2.45) is 0 Å². The fourth-order valence-corrected chi connectivity index (χ4v) is 3.78. The highest BCUT2D eigenvalue weighted by atomic mass is 35.5. The van der Waals surface area contributed by atoms with Crippen molar-refractivity contribution in [3.8, 4) is 10.6 Å². The van der Waals surface area contributed by atoms with Crippen molar-refractivity contribution in [1.29, 1.82) is 0 Å². The van der Waals surface area contributed by atoms with Crippen LogP contribution in [0, 0.1) is 0 Å². The van der Waals surface area contributed by atoms with Crippen molar-refractivity contribution in [3.63, 3.8) is 0 Å². The molecule has 0 saturated carbocycles. The van der Waals surface area contributed by atoms with Crippen LogP contribution in [0.3, 0.4) is 0 Å². The van der Waals surface area contributed by atoms with E-state index < -0.39 is 0 Å². The monoisotopic (exact) mass is 311 g/mol. The molecule has 0 bridgehead atoms. The van der Waals surface area contributed by atoms with Gasteiger partial charge in [-0.25, -0.2) is 0 Å². The molecule has 0 aliphatic rings. The minimum absolute atomic E-state index is 0.689. The van der Waals surface area contributed by atoms with Gasteiger partial charge in [0.15, 0.2) is 6.29 Å². The van der Waals surface area contributed by atoms with Crippen molar-refractivity contribution in [1.82, 2.24) is 4.98 Å². The molecule has 2 heterocycles. The van der Waals surface area contributed by atoms with E-state index in [0.29, 0.717) is 9.90 Å². The zero-order valence-corrected chi connectivity index (χ0v) is 12.5. The molecule has 2 aromatic carbocycles. The quantitative estimate of drug-likeness (QED) is 0.486. The zero-order chi connectivity index (χ0) is 14.4. The molecule has 0 amide bonds. The fraction of sp³-hybridized carbons (Fsp3) is 0. The lowest BCUT2D eigenvalue weighted by atomic mass is 10.1. The number of aromatic amines is 1. The second-order valence-corrected chi connectivity index (χ2v) is 6.56. The molecule has 0 atom stereocenters. The second kappa shape index (κ2) is 4.72. The minimum atomic E-state index is 0.689. The largest absolute Gasteiger partial charge is 0.353 e. The van der Waals surface area contributed by atoms with Gasteiger partial charge >= 0.3 is 0 Å². The third kappa shape index (κ3) is 1.89. The number of halogens is 1. The molecule has 0 saturated heterocycles. The third-order valence-electron chi connectivity index (χ3n) is 3.68. The van der Waals surface area contributed by atoms with E-state index in [9.17, 15) is 4.79 Å². The molecule has 0 aliphatic carbocycles. The molecule has 2 nitrogen and oxygen atoms in total. The van der Waals surface area contributed by atoms with Crippen LogP contribution in [0.25, 0.3) is 32.2 Å². The standard InChI is InChI=1S/C17H10ClNOS/c18-15-8-7-14(21-15)17-13(9-20)12-6-5-10-3-1-2-4-11(10)16(12)19-17/h1-9,19H. The summed E-state index contributed by atoms with van der Waals surface area (Å²) in [6.07, 6.45) is 0.913. The van der Waals surface area contributed by atoms with E-state index in [1.165, 1.54) is 11.3 Å². The first-order chi connectivity index (χ1) is 10.3. The smallest absolute Gasteiger partial charge is 0.152 e. The van der Waals surface area contributed by atoms with Crippen molar-refractivity contribution in [2.75, 3.05) is 0 Å². The van der Waals surface area contributed by atoms with Gasteiger partial charge in [-0.2, -0.15) is 0 Å². The highest BCUT2D eigenvalue weighted by molar-refractivity contribution is 7.19. The summed E-state index contributed by atoms with van der Waals surface area (Å²) in [4.78, 5) is 16.0.